The smallest absolute Gasteiger partial charge is 0.408 e. The summed E-state index contributed by atoms with van der Waals surface area (Å²) in [7, 11) is 0. The molecule has 30 heavy (non-hydrogen) atoms. The van der Waals surface area contributed by atoms with Crippen LogP contribution in [0.25, 0.3) is 0 Å². The van der Waals surface area contributed by atoms with E-state index in [2.05, 4.69) is 5.32 Å². The van der Waals surface area contributed by atoms with E-state index < -0.39 is 30.3 Å². The zero-order chi connectivity index (χ0) is 22.1. The largest absolute Gasteiger partial charge is 0.449 e. The zero-order valence-corrected chi connectivity index (χ0v) is 17.2. The lowest BCUT2D eigenvalue weighted by atomic mass is 9.99. The van der Waals surface area contributed by atoms with Crippen molar-refractivity contribution in [2.45, 2.75) is 38.8 Å². The SMILES string of the molecule is CC(C)(C)OC(=O)NC(Cc1ccc(C(=O)c2ccccc2)cc1)C(=O)OCC#N. The Morgan fingerprint density at radius 3 is 2.17 bits per heavy atom. The van der Waals surface area contributed by atoms with Crippen LogP contribution >= 0.6 is 0 Å². The van der Waals surface area contributed by atoms with Crippen molar-refractivity contribution < 1.29 is 23.9 Å². The number of esters is 1. The fraction of sp³-hybridized carbons (Fsp3) is 0.304. The molecule has 0 fully saturated rings. The summed E-state index contributed by atoms with van der Waals surface area (Å²) in [6.07, 6.45) is -0.652. The molecule has 156 valence electrons. The summed E-state index contributed by atoms with van der Waals surface area (Å²) >= 11 is 0. The summed E-state index contributed by atoms with van der Waals surface area (Å²) in [5.74, 6) is -0.856. The third kappa shape index (κ3) is 7.06. The van der Waals surface area contributed by atoms with Crippen molar-refractivity contribution in [1.29, 1.82) is 5.26 Å². The predicted octanol–water partition coefficient (Wildman–Crippen LogP) is 3.42. The Morgan fingerprint density at radius 1 is 1.00 bits per heavy atom. The average Bonchev–Trinajstić information content (AvgIpc) is 2.70. The van der Waals surface area contributed by atoms with E-state index in [1.54, 1.807) is 75.4 Å². The van der Waals surface area contributed by atoms with Crippen molar-refractivity contribution in [3.8, 4) is 6.07 Å². The second-order valence-electron chi connectivity index (χ2n) is 7.56. The summed E-state index contributed by atoms with van der Waals surface area (Å²) in [6, 6.07) is 16.3. The molecule has 0 aliphatic heterocycles. The van der Waals surface area contributed by atoms with Crippen LogP contribution in [-0.4, -0.2) is 36.1 Å². The van der Waals surface area contributed by atoms with Gasteiger partial charge in [0.1, 0.15) is 17.7 Å². The molecule has 0 aliphatic rings. The maximum atomic E-state index is 12.5. The Kier molecular flexibility index (Phi) is 7.70. The van der Waals surface area contributed by atoms with Crippen LogP contribution < -0.4 is 5.32 Å². The van der Waals surface area contributed by atoms with E-state index in [4.69, 9.17) is 14.7 Å². The van der Waals surface area contributed by atoms with E-state index in [0.29, 0.717) is 16.7 Å². The lowest BCUT2D eigenvalue weighted by molar-refractivity contribution is -0.144. The molecule has 0 aromatic heterocycles. The lowest BCUT2D eigenvalue weighted by Gasteiger charge is -2.22. The molecule has 2 aromatic carbocycles. The van der Waals surface area contributed by atoms with Gasteiger partial charge in [0.15, 0.2) is 12.4 Å². The van der Waals surface area contributed by atoms with Crippen molar-refractivity contribution in [2.24, 2.45) is 0 Å². The Labute approximate surface area is 175 Å². The Morgan fingerprint density at radius 2 is 1.60 bits per heavy atom. The molecule has 0 radical (unpaired) electrons. The maximum Gasteiger partial charge on any atom is 0.408 e. The van der Waals surface area contributed by atoms with E-state index in [-0.39, 0.29) is 12.2 Å². The summed E-state index contributed by atoms with van der Waals surface area (Å²) in [4.78, 5) is 36.9. The molecule has 7 nitrogen and oxygen atoms in total. The van der Waals surface area contributed by atoms with Gasteiger partial charge in [-0.05, 0) is 26.3 Å². The van der Waals surface area contributed by atoms with E-state index in [9.17, 15) is 14.4 Å². The lowest BCUT2D eigenvalue weighted by Crippen LogP contribution is -2.45. The number of hydrogen-bond acceptors (Lipinski definition) is 6. The number of nitrogens with zero attached hydrogens (tertiary/aromatic N) is 1. The molecule has 0 aliphatic carbocycles. The molecule has 1 unspecified atom stereocenters. The maximum absolute atomic E-state index is 12.5. The van der Waals surface area contributed by atoms with Crippen molar-refractivity contribution in [3.05, 3.63) is 71.3 Å². The molecule has 0 spiro atoms. The fourth-order valence-corrected chi connectivity index (χ4v) is 2.63. The van der Waals surface area contributed by atoms with Gasteiger partial charge in [-0.15, -0.1) is 0 Å². The third-order valence-electron chi connectivity index (χ3n) is 3.95. The number of ether oxygens (including phenoxy) is 2. The van der Waals surface area contributed by atoms with E-state index >= 15 is 0 Å². The van der Waals surface area contributed by atoms with Gasteiger partial charge in [-0.25, -0.2) is 9.59 Å². The first kappa shape index (κ1) is 22.6. The summed E-state index contributed by atoms with van der Waals surface area (Å²) in [5.41, 5.74) is 1.06. The first-order chi connectivity index (χ1) is 14.2. The molecule has 7 heteroatoms. The monoisotopic (exact) mass is 408 g/mol. The van der Waals surface area contributed by atoms with Crippen LogP contribution in [0.4, 0.5) is 4.79 Å². The fourth-order valence-electron chi connectivity index (χ4n) is 2.63. The highest BCUT2D eigenvalue weighted by atomic mass is 16.6. The number of ketones is 1. The average molecular weight is 408 g/mol. The Bertz CT molecular complexity index is 925. The molecule has 2 rings (SSSR count). The molecule has 1 atom stereocenters. The minimum absolute atomic E-state index is 0.112. The van der Waals surface area contributed by atoms with E-state index in [1.807, 2.05) is 6.07 Å². The highest BCUT2D eigenvalue weighted by Crippen LogP contribution is 2.13. The van der Waals surface area contributed by atoms with Crippen LogP contribution in [0.15, 0.2) is 54.6 Å². The van der Waals surface area contributed by atoms with Crippen molar-refractivity contribution in [2.75, 3.05) is 6.61 Å². The topological polar surface area (TPSA) is 105 Å². The van der Waals surface area contributed by atoms with Crippen molar-refractivity contribution >= 4 is 17.8 Å². The summed E-state index contributed by atoms with van der Waals surface area (Å²) < 4.78 is 10.0. The molecule has 0 heterocycles. The molecule has 0 bridgehead atoms. The number of nitriles is 1. The minimum atomic E-state index is -1.04. The van der Waals surface area contributed by atoms with Gasteiger partial charge in [0, 0.05) is 17.5 Å². The van der Waals surface area contributed by atoms with Gasteiger partial charge in [-0.3, -0.25) is 4.79 Å². The molecule has 0 saturated carbocycles. The van der Waals surface area contributed by atoms with Crippen LogP contribution in [0.2, 0.25) is 0 Å². The first-order valence-corrected chi connectivity index (χ1v) is 9.41. The number of benzene rings is 2. The van der Waals surface area contributed by atoms with Crippen LogP contribution in [-0.2, 0) is 20.7 Å². The molecule has 0 saturated heterocycles. The van der Waals surface area contributed by atoms with Crippen LogP contribution in [0.3, 0.4) is 0 Å². The predicted molar refractivity (Wildman–Crippen MR) is 110 cm³/mol. The number of hydrogen-bond donors (Lipinski definition) is 1. The highest BCUT2D eigenvalue weighted by molar-refractivity contribution is 6.08. The summed E-state index contributed by atoms with van der Waals surface area (Å²) in [5, 5.41) is 11.1. The van der Waals surface area contributed by atoms with E-state index in [1.165, 1.54) is 0 Å². The van der Waals surface area contributed by atoms with Crippen molar-refractivity contribution in [1.82, 2.24) is 5.32 Å². The van der Waals surface area contributed by atoms with Crippen molar-refractivity contribution in [3.63, 3.8) is 0 Å². The number of carbonyl (C=O) groups excluding carboxylic acids is 3. The number of carbonyl (C=O) groups is 3. The minimum Gasteiger partial charge on any atom is -0.449 e. The van der Waals surface area contributed by atoms with Crippen LogP contribution in [0.5, 0.6) is 0 Å². The third-order valence-corrected chi connectivity index (χ3v) is 3.95. The number of alkyl carbamates (subject to hydrolysis) is 1. The summed E-state index contributed by atoms with van der Waals surface area (Å²) in [6.45, 7) is 4.70. The molecule has 1 amide bonds. The Balaban J connectivity index is 2.12. The number of amides is 1. The second-order valence-corrected chi connectivity index (χ2v) is 7.56. The quantitative estimate of drug-likeness (QED) is 0.556. The van der Waals surface area contributed by atoms with Gasteiger partial charge in [0.2, 0.25) is 0 Å². The molecule has 2 aromatic rings. The first-order valence-electron chi connectivity index (χ1n) is 9.41. The normalized spacial score (nSPS) is 11.7. The Hall–Kier alpha value is -3.66. The second kappa shape index (κ2) is 10.2. The molecular formula is C23H24N2O5. The van der Waals surface area contributed by atoms with Crippen LogP contribution in [0, 0.1) is 11.3 Å². The van der Waals surface area contributed by atoms with Gasteiger partial charge in [0.25, 0.3) is 0 Å². The highest BCUT2D eigenvalue weighted by Gasteiger charge is 2.26. The van der Waals surface area contributed by atoms with Crippen LogP contribution in [0.1, 0.15) is 42.3 Å². The molecular weight excluding hydrogens is 384 g/mol. The molecule has 1 N–H and O–H groups in total. The van der Waals surface area contributed by atoms with Gasteiger partial charge >= 0.3 is 12.1 Å². The zero-order valence-electron chi connectivity index (χ0n) is 17.2. The standard InChI is InChI=1S/C23H24N2O5/c1-23(2,3)30-22(28)25-19(21(27)29-14-13-24)15-16-9-11-18(12-10-16)20(26)17-7-5-4-6-8-17/h4-12,19H,14-15H2,1-3H3,(H,25,28). The van der Waals surface area contributed by atoms with Gasteiger partial charge in [-0.2, -0.15) is 5.26 Å². The van der Waals surface area contributed by atoms with Gasteiger partial charge in [0.05, 0.1) is 0 Å². The van der Waals surface area contributed by atoms with E-state index in [0.717, 1.165) is 0 Å². The van der Waals surface area contributed by atoms with Gasteiger partial charge in [-0.1, -0.05) is 54.6 Å². The number of rotatable bonds is 7. The number of nitrogens with one attached hydrogen (secondary N) is 1. The van der Waals surface area contributed by atoms with Gasteiger partial charge < -0.3 is 14.8 Å².